The second-order valence-electron chi connectivity index (χ2n) is 5.41. The average molecular weight is 229 g/mol. The molecule has 3 N–H and O–H groups in total. The maximum absolute atomic E-state index is 11.1. The highest BCUT2D eigenvalue weighted by Gasteiger charge is 2.41. The smallest absolute Gasteiger partial charge is 0.323 e. The van der Waals surface area contributed by atoms with Crippen LogP contribution in [0.2, 0.25) is 0 Å². The first-order valence-corrected chi connectivity index (χ1v) is 5.99. The van der Waals surface area contributed by atoms with Gasteiger partial charge in [0.15, 0.2) is 0 Å². The van der Waals surface area contributed by atoms with Gasteiger partial charge in [0, 0.05) is 6.42 Å². The van der Waals surface area contributed by atoms with Crippen LogP contribution in [0.1, 0.15) is 52.9 Å². The Balaban J connectivity index is 2.61. The highest BCUT2D eigenvalue weighted by molar-refractivity contribution is 5.78. The minimum Gasteiger partial charge on any atom is -0.480 e. The third-order valence-electron chi connectivity index (χ3n) is 3.50. The first-order valence-electron chi connectivity index (χ1n) is 5.99. The quantitative estimate of drug-likeness (QED) is 0.772. The van der Waals surface area contributed by atoms with E-state index in [2.05, 4.69) is 6.92 Å². The van der Waals surface area contributed by atoms with E-state index in [4.69, 9.17) is 15.6 Å². The van der Waals surface area contributed by atoms with Gasteiger partial charge in [-0.25, -0.2) is 0 Å². The van der Waals surface area contributed by atoms with Crippen molar-refractivity contribution in [3.05, 3.63) is 0 Å². The molecule has 94 valence electrons. The first-order chi connectivity index (χ1) is 7.29. The number of carboxylic acid groups (broad SMARTS) is 1. The normalized spacial score (nSPS) is 31.4. The fourth-order valence-corrected chi connectivity index (χ4v) is 2.08. The minimum atomic E-state index is -1.09. The van der Waals surface area contributed by atoms with Crippen molar-refractivity contribution in [2.24, 2.45) is 5.73 Å². The summed E-state index contributed by atoms with van der Waals surface area (Å²) in [6.07, 6.45) is 3.60. The van der Waals surface area contributed by atoms with Gasteiger partial charge in [0.2, 0.25) is 0 Å². The highest BCUT2D eigenvalue weighted by atomic mass is 16.5. The summed E-state index contributed by atoms with van der Waals surface area (Å²) in [5.41, 5.74) is 4.59. The lowest BCUT2D eigenvalue weighted by atomic mass is 9.80. The van der Waals surface area contributed by atoms with Crippen molar-refractivity contribution in [1.82, 2.24) is 0 Å². The summed E-state index contributed by atoms with van der Waals surface area (Å²) in [5, 5.41) is 9.09. The Hall–Kier alpha value is -0.610. The summed E-state index contributed by atoms with van der Waals surface area (Å²) < 4.78 is 5.93. The molecule has 1 fully saturated rings. The molecule has 0 aromatic carbocycles. The Bertz CT molecular complexity index is 265. The molecule has 0 aromatic heterocycles. The Morgan fingerprint density at radius 1 is 1.62 bits per heavy atom. The lowest BCUT2D eigenvalue weighted by molar-refractivity contribution is -0.150. The molecule has 1 aliphatic rings. The number of carboxylic acids is 1. The maximum Gasteiger partial charge on any atom is 0.323 e. The summed E-state index contributed by atoms with van der Waals surface area (Å²) in [4.78, 5) is 11.1. The summed E-state index contributed by atoms with van der Waals surface area (Å²) in [7, 11) is 0. The molecule has 0 aliphatic heterocycles. The maximum atomic E-state index is 11.1. The van der Waals surface area contributed by atoms with E-state index in [0.29, 0.717) is 12.8 Å². The van der Waals surface area contributed by atoms with Crippen LogP contribution in [-0.4, -0.2) is 28.3 Å². The molecule has 0 spiro atoms. The Labute approximate surface area is 97.2 Å². The molecule has 4 nitrogen and oxygen atoms in total. The lowest BCUT2D eigenvalue weighted by Gasteiger charge is -2.38. The third kappa shape index (κ3) is 3.19. The van der Waals surface area contributed by atoms with Gasteiger partial charge in [0.05, 0.1) is 11.7 Å². The molecule has 0 heterocycles. The molecule has 0 radical (unpaired) electrons. The predicted octanol–water partition coefficient (Wildman–Crippen LogP) is 1.92. The average Bonchev–Trinajstić information content (AvgIpc) is 2.17. The van der Waals surface area contributed by atoms with Crippen molar-refractivity contribution in [2.45, 2.75) is 70.1 Å². The summed E-state index contributed by atoms with van der Waals surface area (Å²) in [6.45, 7) is 6.12. The van der Waals surface area contributed by atoms with Crippen LogP contribution in [0.25, 0.3) is 0 Å². The van der Waals surface area contributed by atoms with Crippen molar-refractivity contribution in [3.8, 4) is 0 Å². The molecule has 16 heavy (non-hydrogen) atoms. The Kier molecular flexibility index (Phi) is 3.97. The van der Waals surface area contributed by atoms with Gasteiger partial charge in [-0.05, 0) is 39.5 Å². The zero-order valence-corrected chi connectivity index (χ0v) is 10.5. The fraction of sp³-hybridized carbons (Fsp3) is 0.917. The topological polar surface area (TPSA) is 72.5 Å². The zero-order valence-electron chi connectivity index (χ0n) is 10.5. The number of carbonyl (C=O) groups is 1. The van der Waals surface area contributed by atoms with Crippen molar-refractivity contribution in [2.75, 3.05) is 0 Å². The van der Waals surface area contributed by atoms with E-state index < -0.39 is 11.5 Å². The fourth-order valence-electron chi connectivity index (χ4n) is 2.08. The molecule has 4 heteroatoms. The highest BCUT2D eigenvalue weighted by Crippen LogP contribution is 2.31. The van der Waals surface area contributed by atoms with Gasteiger partial charge in [0.25, 0.3) is 0 Å². The number of ether oxygens (including phenoxy) is 1. The van der Waals surface area contributed by atoms with Gasteiger partial charge in [-0.2, -0.15) is 0 Å². The summed E-state index contributed by atoms with van der Waals surface area (Å²) in [5.74, 6) is -0.907. The van der Waals surface area contributed by atoms with E-state index in [9.17, 15) is 4.79 Å². The van der Waals surface area contributed by atoms with Crippen LogP contribution < -0.4 is 5.73 Å². The van der Waals surface area contributed by atoms with Crippen LogP contribution in [-0.2, 0) is 9.53 Å². The van der Waals surface area contributed by atoms with Crippen molar-refractivity contribution in [3.63, 3.8) is 0 Å². The van der Waals surface area contributed by atoms with E-state index >= 15 is 0 Å². The molecule has 0 bridgehead atoms. The number of aliphatic carboxylic acids is 1. The van der Waals surface area contributed by atoms with E-state index in [1.165, 1.54) is 0 Å². The SMILES string of the molecule is CCC(C)(C)OC1CCCC(N)(C(=O)O)C1. The van der Waals surface area contributed by atoms with Gasteiger partial charge < -0.3 is 15.6 Å². The van der Waals surface area contributed by atoms with Crippen molar-refractivity contribution in [1.29, 1.82) is 0 Å². The second kappa shape index (κ2) is 4.72. The van der Waals surface area contributed by atoms with E-state index in [-0.39, 0.29) is 11.7 Å². The Morgan fingerprint density at radius 3 is 2.75 bits per heavy atom. The molecular formula is C12H23NO3. The molecule has 0 saturated heterocycles. The number of rotatable bonds is 4. The van der Waals surface area contributed by atoms with E-state index in [0.717, 1.165) is 19.3 Å². The Morgan fingerprint density at radius 2 is 2.25 bits per heavy atom. The van der Waals surface area contributed by atoms with Gasteiger partial charge in [-0.1, -0.05) is 6.92 Å². The van der Waals surface area contributed by atoms with Crippen molar-refractivity contribution >= 4 is 5.97 Å². The summed E-state index contributed by atoms with van der Waals surface area (Å²) >= 11 is 0. The van der Waals surface area contributed by atoms with Gasteiger partial charge >= 0.3 is 5.97 Å². The molecule has 2 atom stereocenters. The van der Waals surface area contributed by atoms with Gasteiger partial charge in [-0.3, -0.25) is 4.79 Å². The van der Waals surface area contributed by atoms with Gasteiger partial charge in [-0.15, -0.1) is 0 Å². The van der Waals surface area contributed by atoms with Crippen LogP contribution in [0, 0.1) is 0 Å². The molecule has 1 rings (SSSR count). The zero-order chi connectivity index (χ0) is 12.4. The molecule has 0 aromatic rings. The second-order valence-corrected chi connectivity index (χ2v) is 5.41. The lowest BCUT2D eigenvalue weighted by Crippen LogP contribution is -2.53. The predicted molar refractivity (Wildman–Crippen MR) is 62.3 cm³/mol. The van der Waals surface area contributed by atoms with E-state index in [1.807, 2.05) is 13.8 Å². The van der Waals surface area contributed by atoms with Crippen molar-refractivity contribution < 1.29 is 14.6 Å². The van der Waals surface area contributed by atoms with Crippen LogP contribution in [0.5, 0.6) is 0 Å². The van der Waals surface area contributed by atoms with Crippen LogP contribution >= 0.6 is 0 Å². The minimum absolute atomic E-state index is 0.0233. The molecule has 1 aliphatic carbocycles. The van der Waals surface area contributed by atoms with E-state index in [1.54, 1.807) is 0 Å². The standard InChI is InChI=1S/C12H23NO3/c1-4-11(2,3)16-9-6-5-7-12(13,8-9)10(14)15/h9H,4-8,13H2,1-3H3,(H,14,15). The van der Waals surface area contributed by atoms with Crippen LogP contribution in [0.15, 0.2) is 0 Å². The van der Waals surface area contributed by atoms with Crippen LogP contribution in [0.3, 0.4) is 0 Å². The van der Waals surface area contributed by atoms with Gasteiger partial charge in [0.1, 0.15) is 5.54 Å². The molecule has 0 amide bonds. The molecule has 2 unspecified atom stereocenters. The summed E-state index contributed by atoms with van der Waals surface area (Å²) in [6, 6.07) is 0. The van der Waals surface area contributed by atoms with Crippen LogP contribution in [0.4, 0.5) is 0 Å². The molecule has 1 saturated carbocycles. The number of hydrogen-bond donors (Lipinski definition) is 2. The number of hydrogen-bond acceptors (Lipinski definition) is 3. The monoisotopic (exact) mass is 229 g/mol. The molecular weight excluding hydrogens is 206 g/mol. The third-order valence-corrected chi connectivity index (χ3v) is 3.50. The first kappa shape index (κ1) is 13.5. The largest absolute Gasteiger partial charge is 0.480 e. The number of nitrogens with two attached hydrogens (primary N) is 1.